The van der Waals surface area contributed by atoms with Crippen molar-refractivity contribution in [2.24, 2.45) is 0 Å². The molecule has 134 valence electrons. The van der Waals surface area contributed by atoms with Gasteiger partial charge < -0.3 is 4.90 Å². The summed E-state index contributed by atoms with van der Waals surface area (Å²) in [7, 11) is -3.78. The Morgan fingerprint density at radius 1 is 1.08 bits per heavy atom. The van der Waals surface area contributed by atoms with Gasteiger partial charge in [-0.3, -0.25) is 9.78 Å². The van der Waals surface area contributed by atoms with Crippen molar-refractivity contribution in [3.63, 3.8) is 0 Å². The number of carbonyl (C=O) groups is 1. The molecule has 0 atom stereocenters. The number of rotatable bonds is 3. The van der Waals surface area contributed by atoms with E-state index < -0.39 is 10.0 Å². The second-order valence-corrected chi connectivity index (χ2v) is 7.81. The molecule has 1 fully saturated rings. The number of amides is 1. The van der Waals surface area contributed by atoms with Gasteiger partial charge in [-0.1, -0.05) is 12.1 Å². The first kappa shape index (κ1) is 18.0. The van der Waals surface area contributed by atoms with Crippen LogP contribution in [0.3, 0.4) is 0 Å². The first-order valence-electron chi connectivity index (χ1n) is 8.22. The van der Waals surface area contributed by atoms with E-state index in [1.54, 1.807) is 35.4 Å². The van der Waals surface area contributed by atoms with Crippen molar-refractivity contribution in [1.29, 1.82) is 5.26 Å². The zero-order valence-corrected chi connectivity index (χ0v) is 14.9. The molecule has 7 nitrogen and oxygen atoms in total. The molecule has 2 heterocycles. The summed E-state index contributed by atoms with van der Waals surface area (Å²) in [6.07, 6.45) is 3.63. The van der Waals surface area contributed by atoms with Gasteiger partial charge in [-0.25, -0.2) is 8.42 Å². The summed E-state index contributed by atoms with van der Waals surface area (Å²) in [5, 5.41) is 9.18. The Morgan fingerprint density at radius 2 is 1.88 bits per heavy atom. The Bertz CT molecular complexity index is 938. The topological polar surface area (TPSA) is 94.4 Å². The third-order valence-electron chi connectivity index (χ3n) is 4.28. The van der Waals surface area contributed by atoms with Crippen LogP contribution in [-0.2, 0) is 10.0 Å². The number of nitriles is 1. The van der Waals surface area contributed by atoms with Gasteiger partial charge in [-0.05, 0) is 30.7 Å². The number of nitrogens with zero attached hydrogens (tertiary/aromatic N) is 4. The Kier molecular flexibility index (Phi) is 5.30. The molecule has 1 saturated heterocycles. The molecule has 0 bridgehead atoms. The maximum atomic E-state index is 12.9. The third kappa shape index (κ3) is 3.59. The lowest BCUT2D eigenvalue weighted by Crippen LogP contribution is -2.37. The van der Waals surface area contributed by atoms with Crippen molar-refractivity contribution in [2.45, 2.75) is 11.3 Å². The van der Waals surface area contributed by atoms with E-state index in [-0.39, 0.29) is 22.9 Å². The van der Waals surface area contributed by atoms with E-state index in [2.05, 4.69) is 4.98 Å². The summed E-state index contributed by atoms with van der Waals surface area (Å²) in [5.41, 5.74) is 0.610. The maximum Gasteiger partial charge on any atom is 0.255 e. The molecular formula is C18H18N4O3S. The smallest absolute Gasteiger partial charge is 0.255 e. The lowest BCUT2D eigenvalue weighted by Gasteiger charge is -2.22. The normalized spacial score (nSPS) is 15.9. The number of hydrogen-bond donors (Lipinski definition) is 0. The molecule has 0 N–H and O–H groups in total. The molecule has 1 aliphatic rings. The van der Waals surface area contributed by atoms with Gasteiger partial charge in [0.2, 0.25) is 10.0 Å². The average molecular weight is 370 g/mol. The molecule has 1 aromatic carbocycles. The van der Waals surface area contributed by atoms with E-state index >= 15 is 0 Å². The SMILES string of the molecule is N#Cc1ccccc1S(=O)(=O)N1CCCN(C(=O)c2cccnc2)CC1. The van der Waals surface area contributed by atoms with Gasteiger partial charge in [0.25, 0.3) is 5.91 Å². The molecule has 1 amide bonds. The van der Waals surface area contributed by atoms with Crippen LogP contribution in [0.5, 0.6) is 0 Å². The molecule has 0 aliphatic carbocycles. The third-order valence-corrected chi connectivity index (χ3v) is 6.23. The van der Waals surface area contributed by atoms with Crippen LogP contribution in [-0.4, -0.2) is 54.7 Å². The standard InChI is InChI=1S/C18H18N4O3S/c19-13-15-5-1-2-7-17(15)26(24,25)22-10-4-9-21(11-12-22)18(23)16-6-3-8-20-14-16/h1-3,5-8,14H,4,9-12H2. The van der Waals surface area contributed by atoms with Crippen molar-refractivity contribution in [3.05, 3.63) is 59.9 Å². The van der Waals surface area contributed by atoms with Crippen LogP contribution in [0.15, 0.2) is 53.7 Å². The van der Waals surface area contributed by atoms with Crippen LogP contribution >= 0.6 is 0 Å². The molecule has 0 unspecified atom stereocenters. The zero-order chi connectivity index (χ0) is 18.6. The molecular weight excluding hydrogens is 352 g/mol. The molecule has 1 aromatic heterocycles. The van der Waals surface area contributed by atoms with Gasteiger partial charge in [-0.15, -0.1) is 0 Å². The summed E-state index contributed by atoms with van der Waals surface area (Å²) in [4.78, 5) is 18.2. The highest BCUT2D eigenvalue weighted by Crippen LogP contribution is 2.21. The Labute approximate surface area is 152 Å². The van der Waals surface area contributed by atoms with Crippen LogP contribution in [0.4, 0.5) is 0 Å². The van der Waals surface area contributed by atoms with Gasteiger partial charge in [0.1, 0.15) is 6.07 Å². The Morgan fingerprint density at radius 3 is 2.62 bits per heavy atom. The molecule has 0 saturated carbocycles. The van der Waals surface area contributed by atoms with Gasteiger partial charge in [0.05, 0.1) is 16.0 Å². The zero-order valence-electron chi connectivity index (χ0n) is 14.1. The lowest BCUT2D eigenvalue weighted by molar-refractivity contribution is 0.0764. The fourth-order valence-electron chi connectivity index (χ4n) is 2.93. The van der Waals surface area contributed by atoms with Crippen LogP contribution in [0.25, 0.3) is 0 Å². The van der Waals surface area contributed by atoms with E-state index in [4.69, 9.17) is 0 Å². The van der Waals surface area contributed by atoms with Crippen molar-refractivity contribution in [1.82, 2.24) is 14.2 Å². The number of aromatic nitrogens is 1. The van der Waals surface area contributed by atoms with Crippen LogP contribution in [0.2, 0.25) is 0 Å². The summed E-state index contributed by atoms with van der Waals surface area (Å²) in [6, 6.07) is 11.5. The monoisotopic (exact) mass is 370 g/mol. The highest BCUT2D eigenvalue weighted by molar-refractivity contribution is 7.89. The van der Waals surface area contributed by atoms with Crippen molar-refractivity contribution in [3.8, 4) is 6.07 Å². The van der Waals surface area contributed by atoms with E-state index in [9.17, 15) is 18.5 Å². The second kappa shape index (κ2) is 7.64. The summed E-state index contributed by atoms with van der Waals surface area (Å²) >= 11 is 0. The van der Waals surface area contributed by atoms with E-state index in [0.717, 1.165) is 0 Å². The van der Waals surface area contributed by atoms with Gasteiger partial charge in [-0.2, -0.15) is 9.57 Å². The number of pyridine rings is 1. The minimum Gasteiger partial charge on any atom is -0.337 e. The lowest BCUT2D eigenvalue weighted by atomic mass is 10.2. The van der Waals surface area contributed by atoms with Gasteiger partial charge in [0.15, 0.2) is 0 Å². The van der Waals surface area contributed by atoms with Crippen LogP contribution < -0.4 is 0 Å². The average Bonchev–Trinajstić information content (AvgIpc) is 2.95. The van der Waals surface area contributed by atoms with E-state index in [1.165, 1.54) is 22.6 Å². The largest absolute Gasteiger partial charge is 0.337 e. The number of hydrogen-bond acceptors (Lipinski definition) is 5. The molecule has 26 heavy (non-hydrogen) atoms. The molecule has 8 heteroatoms. The predicted octanol–water partition coefficient (Wildman–Crippen LogP) is 1.49. The Hall–Kier alpha value is -2.76. The Balaban J connectivity index is 1.78. The minimum atomic E-state index is -3.78. The maximum absolute atomic E-state index is 12.9. The molecule has 2 aromatic rings. The van der Waals surface area contributed by atoms with Crippen molar-refractivity contribution >= 4 is 15.9 Å². The molecule has 0 radical (unpaired) electrons. The van der Waals surface area contributed by atoms with Crippen LogP contribution in [0, 0.1) is 11.3 Å². The minimum absolute atomic E-state index is 0.00883. The molecule has 0 spiro atoms. The van der Waals surface area contributed by atoms with E-state index in [1.807, 2.05) is 6.07 Å². The van der Waals surface area contributed by atoms with Crippen LogP contribution in [0.1, 0.15) is 22.3 Å². The predicted molar refractivity (Wildman–Crippen MR) is 94.7 cm³/mol. The number of benzene rings is 1. The molecule has 1 aliphatic heterocycles. The number of sulfonamides is 1. The van der Waals surface area contributed by atoms with Gasteiger partial charge >= 0.3 is 0 Å². The summed E-state index contributed by atoms with van der Waals surface area (Å²) < 4.78 is 27.2. The fourth-order valence-corrected chi connectivity index (χ4v) is 4.54. The summed E-state index contributed by atoms with van der Waals surface area (Å²) in [5.74, 6) is -0.158. The van der Waals surface area contributed by atoms with Crippen molar-refractivity contribution < 1.29 is 13.2 Å². The molecule has 3 rings (SSSR count). The highest BCUT2D eigenvalue weighted by Gasteiger charge is 2.30. The van der Waals surface area contributed by atoms with Crippen molar-refractivity contribution in [2.75, 3.05) is 26.2 Å². The summed E-state index contributed by atoms with van der Waals surface area (Å²) in [6.45, 7) is 1.26. The number of carbonyl (C=O) groups excluding carboxylic acids is 1. The second-order valence-electron chi connectivity index (χ2n) is 5.90. The van der Waals surface area contributed by atoms with E-state index in [0.29, 0.717) is 31.6 Å². The van der Waals surface area contributed by atoms with Gasteiger partial charge in [0, 0.05) is 38.6 Å². The first-order chi connectivity index (χ1) is 12.5. The first-order valence-corrected chi connectivity index (χ1v) is 9.66. The fraction of sp³-hybridized carbons (Fsp3) is 0.278. The highest BCUT2D eigenvalue weighted by atomic mass is 32.2. The quantitative estimate of drug-likeness (QED) is 0.816.